The highest BCUT2D eigenvalue weighted by molar-refractivity contribution is 5.94. The summed E-state index contributed by atoms with van der Waals surface area (Å²) in [5, 5.41) is 11.1. The van der Waals surface area contributed by atoms with Crippen molar-refractivity contribution in [2.75, 3.05) is 13.1 Å². The van der Waals surface area contributed by atoms with Crippen molar-refractivity contribution in [3.8, 4) is 16.8 Å². The van der Waals surface area contributed by atoms with Gasteiger partial charge in [0.2, 0.25) is 0 Å². The molecule has 1 aliphatic heterocycles. The Balaban J connectivity index is 1.27. The van der Waals surface area contributed by atoms with E-state index in [9.17, 15) is 4.79 Å². The lowest BCUT2D eigenvalue weighted by molar-refractivity contribution is 0.0712. The highest BCUT2D eigenvalue weighted by Gasteiger charge is 2.27. The van der Waals surface area contributed by atoms with E-state index in [-0.39, 0.29) is 11.8 Å². The minimum absolute atomic E-state index is 0.0405. The molecule has 0 spiro atoms. The van der Waals surface area contributed by atoms with Crippen LogP contribution >= 0.6 is 0 Å². The maximum Gasteiger partial charge on any atom is 0.253 e. The van der Waals surface area contributed by atoms with Crippen molar-refractivity contribution < 1.29 is 4.79 Å². The number of nitrogens with zero attached hydrogens (tertiary/aromatic N) is 8. The number of tetrazole rings is 1. The first kappa shape index (κ1) is 19.0. The third-order valence-electron chi connectivity index (χ3n) is 5.63. The second-order valence-corrected chi connectivity index (χ2v) is 7.43. The fourth-order valence-corrected chi connectivity index (χ4v) is 3.99. The Kier molecular flexibility index (Phi) is 5.14. The number of carbonyl (C=O) groups is 1. The van der Waals surface area contributed by atoms with Gasteiger partial charge in [-0.1, -0.05) is 0 Å². The van der Waals surface area contributed by atoms with Crippen LogP contribution in [0.4, 0.5) is 0 Å². The quantitative estimate of drug-likeness (QED) is 0.507. The molecular weight excluding hydrogens is 392 g/mol. The number of rotatable bonds is 4. The molecule has 0 radical (unpaired) electrons. The summed E-state index contributed by atoms with van der Waals surface area (Å²) >= 11 is 0. The largest absolute Gasteiger partial charge is 0.339 e. The number of carbonyl (C=O) groups excluding carboxylic acids is 1. The highest BCUT2D eigenvalue weighted by atomic mass is 16.2. The molecule has 1 amide bonds. The second kappa shape index (κ2) is 8.39. The van der Waals surface area contributed by atoms with Gasteiger partial charge >= 0.3 is 0 Å². The van der Waals surface area contributed by atoms with Crippen molar-refractivity contribution >= 4 is 5.91 Å². The van der Waals surface area contributed by atoms with E-state index in [1.54, 1.807) is 23.4 Å². The van der Waals surface area contributed by atoms with Gasteiger partial charge < -0.3 is 4.90 Å². The third kappa shape index (κ3) is 3.89. The number of hydrogen-bond donors (Lipinski definition) is 0. The van der Waals surface area contributed by atoms with Crippen LogP contribution in [0.5, 0.6) is 0 Å². The molecule has 3 aromatic heterocycles. The number of likely N-dealkylation sites (tertiary alicyclic amines) is 1. The van der Waals surface area contributed by atoms with Gasteiger partial charge in [-0.15, -0.1) is 5.10 Å². The first-order chi connectivity index (χ1) is 15.3. The van der Waals surface area contributed by atoms with Crippen molar-refractivity contribution in [3.05, 3.63) is 78.9 Å². The number of amides is 1. The molecule has 0 N–H and O–H groups in total. The summed E-state index contributed by atoms with van der Waals surface area (Å²) < 4.78 is 1.56. The molecular formula is C22H20N8O. The van der Waals surface area contributed by atoms with Crippen molar-refractivity contribution in [1.29, 1.82) is 0 Å². The van der Waals surface area contributed by atoms with E-state index in [0.717, 1.165) is 35.3 Å². The molecule has 1 aliphatic rings. The summed E-state index contributed by atoms with van der Waals surface area (Å²) in [5.74, 6) is 0.330. The van der Waals surface area contributed by atoms with Crippen LogP contribution in [0.15, 0.2) is 67.6 Å². The molecule has 0 bridgehead atoms. The van der Waals surface area contributed by atoms with Gasteiger partial charge in [0.25, 0.3) is 5.91 Å². The van der Waals surface area contributed by atoms with Crippen LogP contribution in [0.25, 0.3) is 16.8 Å². The molecule has 4 aromatic rings. The Morgan fingerprint density at radius 3 is 2.45 bits per heavy atom. The lowest BCUT2D eigenvalue weighted by Crippen LogP contribution is -2.38. The third-order valence-corrected chi connectivity index (χ3v) is 5.63. The van der Waals surface area contributed by atoms with Crippen LogP contribution in [0, 0.1) is 0 Å². The lowest BCUT2D eigenvalue weighted by Gasteiger charge is -2.32. The summed E-state index contributed by atoms with van der Waals surface area (Å²) in [6, 6.07) is 11.3. The normalized spacial score (nSPS) is 14.5. The second-order valence-electron chi connectivity index (χ2n) is 7.43. The first-order valence-corrected chi connectivity index (χ1v) is 10.1. The van der Waals surface area contributed by atoms with E-state index in [1.807, 2.05) is 47.5 Å². The number of benzene rings is 1. The summed E-state index contributed by atoms with van der Waals surface area (Å²) in [6.45, 7) is 1.38. The van der Waals surface area contributed by atoms with Gasteiger partial charge in [0.15, 0.2) is 0 Å². The van der Waals surface area contributed by atoms with E-state index in [1.165, 1.54) is 6.33 Å². The van der Waals surface area contributed by atoms with Crippen LogP contribution in [-0.2, 0) is 0 Å². The maximum absolute atomic E-state index is 13.0. The van der Waals surface area contributed by atoms with E-state index in [2.05, 4.69) is 30.5 Å². The number of pyridine rings is 1. The molecule has 1 saturated heterocycles. The van der Waals surface area contributed by atoms with Gasteiger partial charge in [-0.25, -0.2) is 14.6 Å². The van der Waals surface area contributed by atoms with Gasteiger partial charge in [-0.05, 0) is 65.2 Å². The fourth-order valence-electron chi connectivity index (χ4n) is 3.99. The molecule has 1 aromatic carbocycles. The highest BCUT2D eigenvalue weighted by Crippen LogP contribution is 2.33. The molecule has 31 heavy (non-hydrogen) atoms. The van der Waals surface area contributed by atoms with Gasteiger partial charge in [0.05, 0.1) is 11.4 Å². The van der Waals surface area contributed by atoms with E-state index in [4.69, 9.17) is 0 Å². The van der Waals surface area contributed by atoms with Gasteiger partial charge in [0.1, 0.15) is 12.7 Å². The van der Waals surface area contributed by atoms with Crippen LogP contribution in [-0.4, -0.2) is 59.1 Å². The number of piperidine rings is 1. The first-order valence-electron chi connectivity index (χ1n) is 10.1. The van der Waals surface area contributed by atoms with Gasteiger partial charge in [-0.3, -0.25) is 9.78 Å². The Morgan fingerprint density at radius 2 is 1.74 bits per heavy atom. The van der Waals surface area contributed by atoms with E-state index >= 15 is 0 Å². The lowest BCUT2D eigenvalue weighted by atomic mass is 9.89. The topological polar surface area (TPSA) is 103 Å². The predicted octanol–water partition coefficient (Wildman–Crippen LogP) is 2.53. The summed E-state index contributed by atoms with van der Waals surface area (Å²) in [7, 11) is 0. The molecule has 0 atom stereocenters. The summed E-state index contributed by atoms with van der Waals surface area (Å²) in [4.78, 5) is 27.8. The van der Waals surface area contributed by atoms with Gasteiger partial charge in [-0.2, -0.15) is 0 Å². The molecule has 0 unspecified atom stereocenters. The smallest absolute Gasteiger partial charge is 0.253 e. The number of hydrogen-bond acceptors (Lipinski definition) is 7. The monoisotopic (exact) mass is 412 g/mol. The van der Waals surface area contributed by atoms with E-state index in [0.29, 0.717) is 18.7 Å². The summed E-state index contributed by atoms with van der Waals surface area (Å²) in [5.41, 5.74) is 4.61. The van der Waals surface area contributed by atoms with Crippen molar-refractivity contribution in [2.45, 2.75) is 18.8 Å². The zero-order chi connectivity index (χ0) is 21.0. The molecule has 9 nitrogen and oxygen atoms in total. The Bertz CT molecular complexity index is 1150. The standard InChI is InChI=1S/C22H20N8O/c31-22(18-1-3-19(4-2-18)30-15-26-27-28-30)29-11-7-17(8-12-29)21-20(13-24-14-25-21)16-5-9-23-10-6-16/h1-6,9-10,13-15,17H,7-8,11-12H2. The number of aromatic nitrogens is 7. The Hall–Kier alpha value is -4.01. The molecule has 5 rings (SSSR count). The van der Waals surface area contributed by atoms with Crippen molar-refractivity contribution in [3.63, 3.8) is 0 Å². The SMILES string of the molecule is O=C(c1ccc(-n2cnnn2)cc1)N1CCC(c2ncncc2-c2ccncc2)CC1. The molecule has 0 saturated carbocycles. The average Bonchev–Trinajstić information content (AvgIpc) is 3.40. The zero-order valence-corrected chi connectivity index (χ0v) is 16.7. The van der Waals surface area contributed by atoms with Crippen molar-refractivity contribution in [1.82, 2.24) is 40.1 Å². The van der Waals surface area contributed by atoms with Crippen LogP contribution in [0.2, 0.25) is 0 Å². The molecule has 1 fully saturated rings. The average molecular weight is 412 g/mol. The molecule has 4 heterocycles. The minimum atomic E-state index is 0.0405. The Labute approximate surface area is 178 Å². The van der Waals surface area contributed by atoms with E-state index < -0.39 is 0 Å². The van der Waals surface area contributed by atoms with Crippen LogP contribution < -0.4 is 0 Å². The molecule has 0 aliphatic carbocycles. The maximum atomic E-state index is 13.0. The molecule has 154 valence electrons. The zero-order valence-electron chi connectivity index (χ0n) is 16.7. The summed E-state index contributed by atoms with van der Waals surface area (Å²) in [6.07, 6.45) is 10.3. The minimum Gasteiger partial charge on any atom is -0.339 e. The van der Waals surface area contributed by atoms with Crippen LogP contribution in [0.1, 0.15) is 34.8 Å². The van der Waals surface area contributed by atoms with Gasteiger partial charge in [0, 0.05) is 48.7 Å². The van der Waals surface area contributed by atoms with Crippen LogP contribution in [0.3, 0.4) is 0 Å². The van der Waals surface area contributed by atoms with Crippen molar-refractivity contribution in [2.24, 2.45) is 0 Å². The predicted molar refractivity (Wildman–Crippen MR) is 112 cm³/mol. The molecule has 9 heteroatoms. The fraction of sp³-hybridized carbons (Fsp3) is 0.227. The Morgan fingerprint density at radius 1 is 0.968 bits per heavy atom.